The Hall–Kier alpha value is -0.800. The third kappa shape index (κ3) is 3.36. The van der Waals surface area contributed by atoms with Gasteiger partial charge in [0.25, 0.3) is 0 Å². The fourth-order valence-corrected chi connectivity index (χ4v) is 1.48. The van der Waals surface area contributed by atoms with E-state index in [9.17, 15) is 0 Å². The van der Waals surface area contributed by atoms with Gasteiger partial charge in [-0.05, 0) is 13.0 Å². The maximum Gasteiger partial charge on any atom is 0.179 e. The van der Waals surface area contributed by atoms with Crippen LogP contribution in [0.15, 0.2) is 12.1 Å². The van der Waals surface area contributed by atoms with Crippen molar-refractivity contribution in [2.75, 3.05) is 24.8 Å². The van der Waals surface area contributed by atoms with Crippen LogP contribution in [-0.2, 0) is 0 Å². The van der Waals surface area contributed by atoms with Crippen molar-refractivity contribution in [2.45, 2.75) is 6.92 Å². The average molecular weight is 250 g/mol. The third-order valence-electron chi connectivity index (χ3n) is 1.66. The van der Waals surface area contributed by atoms with Crippen molar-refractivity contribution in [2.24, 2.45) is 0 Å². The number of rotatable bonds is 5. The van der Waals surface area contributed by atoms with E-state index in [1.165, 1.54) is 0 Å². The van der Waals surface area contributed by atoms with Gasteiger partial charge in [-0.1, -0.05) is 11.6 Å². The van der Waals surface area contributed by atoms with Crippen molar-refractivity contribution >= 4 is 28.9 Å². The van der Waals surface area contributed by atoms with Crippen LogP contribution in [0.25, 0.3) is 0 Å². The maximum absolute atomic E-state index is 5.97. The number of hydrogen-bond acceptors (Lipinski definition) is 3. The van der Waals surface area contributed by atoms with Crippen LogP contribution >= 0.6 is 23.2 Å². The molecule has 0 radical (unpaired) electrons. The smallest absolute Gasteiger partial charge is 0.179 e. The maximum atomic E-state index is 5.97. The molecule has 5 heteroatoms. The average Bonchev–Trinajstić information content (AvgIpc) is 2.19. The molecule has 3 nitrogen and oxygen atoms in total. The highest BCUT2D eigenvalue weighted by molar-refractivity contribution is 6.32. The first kappa shape index (κ1) is 12.3. The van der Waals surface area contributed by atoms with E-state index >= 15 is 0 Å². The van der Waals surface area contributed by atoms with Gasteiger partial charge in [0.05, 0.1) is 17.5 Å². The largest absolute Gasteiger partial charge is 0.488 e. The standard InChI is InChI=1S/C10H13Cl2NO2/c1-2-14-10-8(12)5-7(13)6-9(10)15-4-3-11/h5-6H,2-4,13H2,1H3. The lowest BCUT2D eigenvalue weighted by Crippen LogP contribution is -2.03. The van der Waals surface area contributed by atoms with Crippen LogP contribution in [-0.4, -0.2) is 19.1 Å². The van der Waals surface area contributed by atoms with Gasteiger partial charge in [-0.15, -0.1) is 11.6 Å². The predicted molar refractivity (Wildman–Crippen MR) is 63.2 cm³/mol. The highest BCUT2D eigenvalue weighted by Crippen LogP contribution is 2.37. The second-order valence-corrected chi connectivity index (χ2v) is 3.59. The van der Waals surface area contributed by atoms with E-state index in [0.29, 0.717) is 41.3 Å². The van der Waals surface area contributed by atoms with Crippen LogP contribution in [0.1, 0.15) is 6.92 Å². The van der Waals surface area contributed by atoms with Crippen molar-refractivity contribution in [3.63, 3.8) is 0 Å². The summed E-state index contributed by atoms with van der Waals surface area (Å²) in [4.78, 5) is 0. The number of ether oxygens (including phenoxy) is 2. The number of alkyl halides is 1. The molecule has 0 unspecified atom stereocenters. The van der Waals surface area contributed by atoms with Gasteiger partial charge in [-0.2, -0.15) is 0 Å². The molecule has 0 saturated heterocycles. The Balaban J connectivity index is 2.97. The van der Waals surface area contributed by atoms with Crippen LogP contribution in [0.4, 0.5) is 5.69 Å². The molecule has 0 fully saturated rings. The number of nitrogens with two attached hydrogens (primary N) is 1. The summed E-state index contributed by atoms with van der Waals surface area (Å²) in [5.41, 5.74) is 6.18. The summed E-state index contributed by atoms with van der Waals surface area (Å²) in [5, 5.41) is 0.446. The summed E-state index contributed by atoms with van der Waals surface area (Å²) >= 11 is 11.5. The highest BCUT2D eigenvalue weighted by Gasteiger charge is 2.11. The van der Waals surface area contributed by atoms with E-state index in [2.05, 4.69) is 0 Å². The Labute approximate surface area is 99.1 Å². The van der Waals surface area contributed by atoms with Crippen LogP contribution in [0.5, 0.6) is 11.5 Å². The first-order chi connectivity index (χ1) is 7.19. The molecule has 0 spiro atoms. The topological polar surface area (TPSA) is 44.5 Å². The molecule has 0 heterocycles. The Morgan fingerprint density at radius 2 is 2.07 bits per heavy atom. The molecule has 0 aromatic heterocycles. The van der Waals surface area contributed by atoms with E-state index < -0.39 is 0 Å². The quantitative estimate of drug-likeness (QED) is 0.645. The SMILES string of the molecule is CCOc1c(Cl)cc(N)cc1OCCCl. The molecule has 0 saturated carbocycles. The van der Waals surface area contributed by atoms with Crippen LogP contribution in [0.2, 0.25) is 5.02 Å². The van der Waals surface area contributed by atoms with Gasteiger partial charge in [-0.3, -0.25) is 0 Å². The van der Waals surface area contributed by atoms with E-state index in [0.717, 1.165) is 0 Å². The summed E-state index contributed by atoms with van der Waals surface area (Å²) in [6.45, 7) is 2.78. The molecule has 1 rings (SSSR count). The lowest BCUT2D eigenvalue weighted by molar-refractivity contribution is 0.289. The van der Waals surface area contributed by atoms with E-state index in [4.69, 9.17) is 38.4 Å². The zero-order valence-electron chi connectivity index (χ0n) is 8.43. The van der Waals surface area contributed by atoms with E-state index in [1.807, 2.05) is 6.92 Å². The molecule has 0 bridgehead atoms. The Bertz CT molecular complexity index is 331. The Morgan fingerprint density at radius 1 is 1.33 bits per heavy atom. The minimum atomic E-state index is 0.390. The molecule has 15 heavy (non-hydrogen) atoms. The van der Waals surface area contributed by atoms with Crippen LogP contribution in [0.3, 0.4) is 0 Å². The first-order valence-corrected chi connectivity index (χ1v) is 5.50. The van der Waals surface area contributed by atoms with Crippen molar-refractivity contribution in [1.82, 2.24) is 0 Å². The molecule has 0 aliphatic carbocycles. The summed E-state index contributed by atoms with van der Waals surface area (Å²) < 4.78 is 10.7. The Morgan fingerprint density at radius 3 is 2.67 bits per heavy atom. The zero-order valence-corrected chi connectivity index (χ0v) is 9.94. The minimum absolute atomic E-state index is 0.390. The zero-order chi connectivity index (χ0) is 11.3. The minimum Gasteiger partial charge on any atom is -0.488 e. The second kappa shape index (κ2) is 5.93. The van der Waals surface area contributed by atoms with Crippen LogP contribution in [0, 0.1) is 0 Å². The van der Waals surface area contributed by atoms with Gasteiger partial charge in [0, 0.05) is 11.8 Å². The number of benzene rings is 1. The fraction of sp³-hybridized carbons (Fsp3) is 0.400. The molecule has 84 valence electrons. The number of nitrogen functional groups attached to an aromatic ring is 1. The summed E-state index contributed by atoms with van der Waals surface area (Å²) in [7, 11) is 0. The summed E-state index contributed by atoms with van der Waals surface area (Å²) in [6.07, 6.45) is 0. The third-order valence-corrected chi connectivity index (χ3v) is 2.09. The van der Waals surface area contributed by atoms with Gasteiger partial charge in [0.15, 0.2) is 11.5 Å². The molecular formula is C10H13Cl2NO2. The lowest BCUT2D eigenvalue weighted by atomic mass is 10.3. The van der Waals surface area contributed by atoms with Crippen molar-refractivity contribution in [3.05, 3.63) is 17.2 Å². The van der Waals surface area contributed by atoms with Gasteiger partial charge in [-0.25, -0.2) is 0 Å². The number of anilines is 1. The molecule has 1 aromatic rings. The highest BCUT2D eigenvalue weighted by atomic mass is 35.5. The molecule has 0 aliphatic heterocycles. The van der Waals surface area contributed by atoms with E-state index in [1.54, 1.807) is 12.1 Å². The van der Waals surface area contributed by atoms with Crippen molar-refractivity contribution in [1.29, 1.82) is 0 Å². The monoisotopic (exact) mass is 249 g/mol. The molecule has 0 amide bonds. The lowest BCUT2D eigenvalue weighted by Gasteiger charge is -2.13. The number of halogens is 2. The molecule has 1 aromatic carbocycles. The van der Waals surface area contributed by atoms with Gasteiger partial charge in [0.1, 0.15) is 6.61 Å². The van der Waals surface area contributed by atoms with E-state index in [-0.39, 0.29) is 0 Å². The molecule has 2 N–H and O–H groups in total. The second-order valence-electron chi connectivity index (χ2n) is 2.80. The van der Waals surface area contributed by atoms with Gasteiger partial charge < -0.3 is 15.2 Å². The number of hydrogen-bond donors (Lipinski definition) is 1. The molecular weight excluding hydrogens is 237 g/mol. The fourth-order valence-electron chi connectivity index (χ4n) is 1.13. The first-order valence-electron chi connectivity index (χ1n) is 4.59. The van der Waals surface area contributed by atoms with Crippen molar-refractivity contribution in [3.8, 4) is 11.5 Å². The summed E-state index contributed by atoms with van der Waals surface area (Å²) in [5.74, 6) is 1.44. The Kier molecular flexibility index (Phi) is 4.85. The van der Waals surface area contributed by atoms with Gasteiger partial charge in [0.2, 0.25) is 0 Å². The van der Waals surface area contributed by atoms with Gasteiger partial charge >= 0.3 is 0 Å². The normalized spacial score (nSPS) is 10.1. The molecule has 0 aliphatic rings. The van der Waals surface area contributed by atoms with Crippen molar-refractivity contribution < 1.29 is 9.47 Å². The predicted octanol–water partition coefficient (Wildman–Crippen LogP) is 2.94. The van der Waals surface area contributed by atoms with Crippen LogP contribution < -0.4 is 15.2 Å². The molecule has 0 atom stereocenters. The summed E-state index contributed by atoms with van der Waals surface area (Å²) in [6, 6.07) is 3.30.